The number of hydrogen-bond acceptors (Lipinski definition) is 3. The molecule has 0 radical (unpaired) electrons. The highest BCUT2D eigenvalue weighted by Crippen LogP contribution is 2.31. The number of pyridine rings is 1. The van der Waals surface area contributed by atoms with Gasteiger partial charge in [0.2, 0.25) is 0 Å². The SMILES string of the molecule is O=C(c1ccccc1)N(c1cnc2ccccc2c1)N1CCC(c2ccccc2)CC1. The van der Waals surface area contributed by atoms with Crippen molar-refractivity contribution in [1.29, 1.82) is 0 Å². The highest BCUT2D eigenvalue weighted by Gasteiger charge is 2.29. The van der Waals surface area contributed by atoms with E-state index in [0.29, 0.717) is 11.5 Å². The quantitative estimate of drug-likeness (QED) is 0.437. The lowest BCUT2D eigenvalue weighted by atomic mass is 9.90. The number of fused-ring (bicyclic) bond motifs is 1. The number of para-hydroxylation sites is 1. The van der Waals surface area contributed by atoms with Crippen LogP contribution in [0.3, 0.4) is 0 Å². The molecule has 1 aromatic heterocycles. The Morgan fingerprint density at radius 1 is 0.839 bits per heavy atom. The third-order valence-electron chi connectivity index (χ3n) is 6.06. The zero-order valence-corrected chi connectivity index (χ0v) is 17.4. The molecule has 4 aromatic rings. The second-order valence-electron chi connectivity index (χ2n) is 8.01. The molecule has 0 aliphatic carbocycles. The van der Waals surface area contributed by atoms with E-state index in [1.54, 1.807) is 0 Å². The molecular weight excluding hydrogens is 382 g/mol. The average Bonchev–Trinajstić information content (AvgIpc) is 2.85. The number of hydrogen-bond donors (Lipinski definition) is 0. The van der Waals surface area contributed by atoms with Crippen molar-refractivity contribution in [1.82, 2.24) is 9.99 Å². The number of carbonyl (C=O) groups excluding carboxylic acids is 1. The van der Waals surface area contributed by atoms with Crippen LogP contribution < -0.4 is 5.01 Å². The fourth-order valence-corrected chi connectivity index (χ4v) is 4.41. The number of carbonyl (C=O) groups is 1. The van der Waals surface area contributed by atoms with Gasteiger partial charge in [-0.05, 0) is 48.6 Å². The molecule has 1 fully saturated rings. The number of aromatic nitrogens is 1. The highest BCUT2D eigenvalue weighted by molar-refractivity contribution is 6.06. The summed E-state index contributed by atoms with van der Waals surface area (Å²) in [6.07, 6.45) is 3.85. The molecule has 0 bridgehead atoms. The predicted molar refractivity (Wildman–Crippen MR) is 125 cm³/mol. The van der Waals surface area contributed by atoms with E-state index in [2.05, 4.69) is 46.4 Å². The van der Waals surface area contributed by atoms with E-state index in [9.17, 15) is 4.79 Å². The molecule has 3 aromatic carbocycles. The molecule has 1 saturated heterocycles. The summed E-state index contributed by atoms with van der Waals surface area (Å²) in [4.78, 5) is 18.2. The van der Waals surface area contributed by atoms with Crippen LogP contribution >= 0.6 is 0 Å². The topological polar surface area (TPSA) is 36.4 Å². The first-order chi connectivity index (χ1) is 15.3. The van der Waals surface area contributed by atoms with Crippen molar-refractivity contribution < 1.29 is 4.79 Å². The van der Waals surface area contributed by atoms with Crippen LogP contribution in [0.25, 0.3) is 10.9 Å². The van der Waals surface area contributed by atoms with Gasteiger partial charge in [0.1, 0.15) is 0 Å². The van der Waals surface area contributed by atoms with Crippen molar-refractivity contribution in [2.75, 3.05) is 18.1 Å². The summed E-state index contributed by atoms with van der Waals surface area (Å²) in [7, 11) is 0. The van der Waals surface area contributed by atoms with Crippen molar-refractivity contribution >= 4 is 22.5 Å². The van der Waals surface area contributed by atoms with Crippen molar-refractivity contribution in [2.24, 2.45) is 0 Å². The second kappa shape index (κ2) is 8.70. The molecule has 1 aliphatic rings. The number of benzene rings is 3. The van der Waals surface area contributed by atoms with Gasteiger partial charge in [-0.25, -0.2) is 10.0 Å². The van der Waals surface area contributed by atoms with E-state index >= 15 is 0 Å². The minimum absolute atomic E-state index is 0.0177. The van der Waals surface area contributed by atoms with Crippen LogP contribution in [0.2, 0.25) is 0 Å². The normalized spacial score (nSPS) is 15.1. The van der Waals surface area contributed by atoms with Crippen LogP contribution in [0, 0.1) is 0 Å². The Morgan fingerprint density at radius 2 is 1.48 bits per heavy atom. The number of anilines is 1. The number of hydrazine groups is 1. The molecule has 0 unspecified atom stereocenters. The first-order valence-electron chi connectivity index (χ1n) is 10.8. The van der Waals surface area contributed by atoms with Crippen LogP contribution in [-0.4, -0.2) is 29.0 Å². The molecule has 5 rings (SSSR count). The van der Waals surface area contributed by atoms with Gasteiger partial charge in [0.05, 0.1) is 17.4 Å². The lowest BCUT2D eigenvalue weighted by molar-refractivity contribution is 0.0864. The van der Waals surface area contributed by atoms with Gasteiger partial charge in [-0.2, -0.15) is 0 Å². The van der Waals surface area contributed by atoms with Crippen LogP contribution in [0.4, 0.5) is 5.69 Å². The minimum atomic E-state index is -0.0177. The first kappa shape index (κ1) is 19.5. The van der Waals surface area contributed by atoms with Crippen molar-refractivity contribution in [2.45, 2.75) is 18.8 Å². The molecule has 0 spiro atoms. The van der Waals surface area contributed by atoms with E-state index in [0.717, 1.165) is 42.5 Å². The van der Waals surface area contributed by atoms with E-state index in [1.807, 2.05) is 65.8 Å². The standard InChI is InChI=1S/C27H25N3O/c31-27(23-11-5-2-6-12-23)30(25-19-24-13-7-8-14-26(24)28-20-25)29-17-15-22(16-18-29)21-9-3-1-4-10-21/h1-14,19-20,22H,15-18H2. The molecule has 1 aliphatic heterocycles. The van der Waals surface area contributed by atoms with Gasteiger partial charge in [0.15, 0.2) is 0 Å². The van der Waals surface area contributed by atoms with Crippen molar-refractivity contribution in [3.05, 3.63) is 108 Å². The molecule has 31 heavy (non-hydrogen) atoms. The van der Waals surface area contributed by atoms with Crippen molar-refractivity contribution in [3.8, 4) is 0 Å². The largest absolute Gasteiger partial charge is 0.272 e. The molecule has 4 nitrogen and oxygen atoms in total. The second-order valence-corrected chi connectivity index (χ2v) is 8.01. The summed E-state index contributed by atoms with van der Waals surface area (Å²) in [5.41, 5.74) is 3.81. The Hall–Kier alpha value is -3.50. The molecular formula is C27H25N3O. The van der Waals surface area contributed by atoms with Gasteiger partial charge in [-0.15, -0.1) is 0 Å². The molecule has 0 saturated carbocycles. The molecule has 0 N–H and O–H groups in total. The Balaban J connectivity index is 1.46. The third-order valence-corrected chi connectivity index (χ3v) is 6.06. The first-order valence-corrected chi connectivity index (χ1v) is 10.8. The van der Waals surface area contributed by atoms with Gasteiger partial charge in [0, 0.05) is 24.0 Å². The Bertz CT molecular complexity index is 1170. The Labute approximate surface area is 182 Å². The molecule has 0 atom stereocenters. The fraction of sp³-hybridized carbons (Fsp3) is 0.185. The zero-order chi connectivity index (χ0) is 21.0. The summed E-state index contributed by atoms with van der Waals surface area (Å²) in [5, 5.41) is 5.04. The average molecular weight is 408 g/mol. The highest BCUT2D eigenvalue weighted by atomic mass is 16.2. The molecule has 4 heteroatoms. The summed E-state index contributed by atoms with van der Waals surface area (Å²) in [6.45, 7) is 1.65. The fourth-order valence-electron chi connectivity index (χ4n) is 4.41. The van der Waals surface area contributed by atoms with E-state index < -0.39 is 0 Å². The number of amides is 1. The maximum absolute atomic E-state index is 13.6. The van der Waals surface area contributed by atoms with Crippen molar-refractivity contribution in [3.63, 3.8) is 0 Å². The van der Waals surface area contributed by atoms with E-state index in [-0.39, 0.29) is 5.91 Å². The Kier molecular flexibility index (Phi) is 5.46. The van der Waals surface area contributed by atoms with E-state index in [1.165, 1.54) is 5.56 Å². The van der Waals surface area contributed by atoms with Gasteiger partial charge in [-0.1, -0.05) is 66.7 Å². The maximum Gasteiger partial charge on any atom is 0.272 e. The third kappa shape index (κ3) is 4.07. The minimum Gasteiger partial charge on any atom is -0.267 e. The predicted octanol–water partition coefficient (Wildman–Crippen LogP) is 5.68. The number of nitrogens with zero attached hydrogens (tertiary/aromatic N) is 3. The molecule has 1 amide bonds. The molecule has 2 heterocycles. The van der Waals surface area contributed by atoms with Gasteiger partial charge < -0.3 is 0 Å². The Morgan fingerprint density at radius 3 is 2.23 bits per heavy atom. The summed E-state index contributed by atoms with van der Waals surface area (Å²) >= 11 is 0. The summed E-state index contributed by atoms with van der Waals surface area (Å²) < 4.78 is 0. The summed E-state index contributed by atoms with van der Waals surface area (Å²) in [5.74, 6) is 0.511. The maximum atomic E-state index is 13.6. The smallest absolute Gasteiger partial charge is 0.267 e. The van der Waals surface area contributed by atoms with Crippen LogP contribution in [0.15, 0.2) is 97.2 Å². The number of rotatable bonds is 4. The molecule has 154 valence electrons. The lowest BCUT2D eigenvalue weighted by Gasteiger charge is -2.39. The van der Waals surface area contributed by atoms with Crippen LogP contribution in [-0.2, 0) is 0 Å². The number of piperidine rings is 1. The zero-order valence-electron chi connectivity index (χ0n) is 17.4. The van der Waals surface area contributed by atoms with Gasteiger partial charge in [-0.3, -0.25) is 9.78 Å². The van der Waals surface area contributed by atoms with Crippen LogP contribution in [0.1, 0.15) is 34.7 Å². The summed E-state index contributed by atoms with van der Waals surface area (Å²) in [6, 6.07) is 30.3. The van der Waals surface area contributed by atoms with E-state index in [4.69, 9.17) is 0 Å². The lowest BCUT2D eigenvalue weighted by Crippen LogP contribution is -2.50. The van der Waals surface area contributed by atoms with Gasteiger partial charge in [0.25, 0.3) is 5.91 Å². The monoisotopic (exact) mass is 407 g/mol. The van der Waals surface area contributed by atoms with Crippen LogP contribution in [0.5, 0.6) is 0 Å². The van der Waals surface area contributed by atoms with Gasteiger partial charge >= 0.3 is 0 Å².